The van der Waals surface area contributed by atoms with E-state index < -0.39 is 29.2 Å². The summed E-state index contributed by atoms with van der Waals surface area (Å²) < 4.78 is 1.87. The summed E-state index contributed by atoms with van der Waals surface area (Å²) in [4.78, 5) is 59.0. The standard InChI is InChI=1S/C21H19ClN6O6S2/c1-2-34-26-13(12-16(22)36-21(25-12)23-10-29)17(30)24-14-18(31)28-15(20(32)33)11(9-35-19(14)28)8-27-6-4-3-5-7-27/h3-7,10,14,19H,2,8-9H2,1H3,(H2-,23,24,25,29,30,32,33)/t14?,19-/m0/s1. The van der Waals surface area contributed by atoms with Gasteiger partial charge in [0, 0.05) is 23.5 Å². The van der Waals surface area contributed by atoms with Crippen LogP contribution in [0.2, 0.25) is 4.34 Å². The maximum Gasteiger partial charge on any atom is 0.276 e. The van der Waals surface area contributed by atoms with Crippen LogP contribution in [0.15, 0.2) is 47.0 Å². The molecule has 0 aromatic carbocycles. The molecule has 1 unspecified atom stereocenters. The second-order valence-electron chi connectivity index (χ2n) is 7.41. The number of amides is 3. The summed E-state index contributed by atoms with van der Waals surface area (Å²) in [5.41, 5.74) is 0.00453. The first kappa shape index (κ1) is 25.6. The van der Waals surface area contributed by atoms with Crippen LogP contribution in [-0.2, 0) is 30.6 Å². The molecule has 0 radical (unpaired) electrons. The summed E-state index contributed by atoms with van der Waals surface area (Å²) >= 11 is 8.42. The summed E-state index contributed by atoms with van der Waals surface area (Å²) in [6.45, 7) is 2.08. The number of pyridine rings is 1. The molecule has 2 N–H and O–H groups in total. The molecule has 0 bridgehead atoms. The number of aromatic nitrogens is 2. The van der Waals surface area contributed by atoms with Crippen LogP contribution in [0.1, 0.15) is 12.6 Å². The van der Waals surface area contributed by atoms with E-state index in [1.54, 1.807) is 23.9 Å². The summed E-state index contributed by atoms with van der Waals surface area (Å²) in [5.74, 6) is -2.53. The van der Waals surface area contributed by atoms with Crippen molar-refractivity contribution in [1.82, 2.24) is 15.2 Å². The average molecular weight is 551 g/mol. The quantitative estimate of drug-likeness (QED) is 0.132. The molecule has 2 atom stereocenters. The van der Waals surface area contributed by atoms with E-state index in [9.17, 15) is 24.3 Å². The maximum atomic E-state index is 13.1. The van der Waals surface area contributed by atoms with Gasteiger partial charge in [-0.15, -0.1) is 11.8 Å². The summed E-state index contributed by atoms with van der Waals surface area (Å²) in [6.07, 6.45) is 3.99. The molecule has 1 saturated heterocycles. The Kier molecular flexibility index (Phi) is 7.86. The number of thiazole rings is 1. The van der Waals surface area contributed by atoms with Crippen molar-refractivity contribution in [2.45, 2.75) is 24.9 Å². The van der Waals surface area contributed by atoms with Crippen molar-refractivity contribution in [2.24, 2.45) is 5.16 Å². The van der Waals surface area contributed by atoms with Gasteiger partial charge in [-0.1, -0.05) is 34.2 Å². The number of hydrogen-bond donors (Lipinski definition) is 2. The number of carbonyl (C=O) groups is 4. The van der Waals surface area contributed by atoms with Crippen molar-refractivity contribution in [1.29, 1.82) is 0 Å². The van der Waals surface area contributed by atoms with Crippen LogP contribution in [0.4, 0.5) is 5.13 Å². The normalized spacial score (nSPS) is 19.3. The smallest absolute Gasteiger partial charge is 0.276 e. The number of nitrogens with one attached hydrogen (secondary N) is 2. The third-order valence-electron chi connectivity index (χ3n) is 5.17. The monoisotopic (exact) mass is 550 g/mol. The molecule has 2 aromatic heterocycles. The fourth-order valence-corrected chi connectivity index (χ4v) is 5.98. The van der Waals surface area contributed by atoms with Crippen molar-refractivity contribution in [3.05, 3.63) is 51.9 Å². The predicted molar refractivity (Wildman–Crippen MR) is 129 cm³/mol. The first-order chi connectivity index (χ1) is 17.3. The number of carbonyl (C=O) groups excluding carboxylic acids is 4. The van der Waals surface area contributed by atoms with Gasteiger partial charge in [0.15, 0.2) is 29.8 Å². The first-order valence-corrected chi connectivity index (χ1v) is 12.8. The summed E-state index contributed by atoms with van der Waals surface area (Å²) in [7, 11) is 0. The van der Waals surface area contributed by atoms with Crippen molar-refractivity contribution in [3.63, 3.8) is 0 Å². The molecular weight excluding hydrogens is 532 g/mol. The Morgan fingerprint density at radius 1 is 1.39 bits per heavy atom. The average Bonchev–Trinajstić information content (AvgIpc) is 3.22. The number of thioether (sulfide) groups is 1. The molecule has 4 rings (SSSR count). The predicted octanol–water partition coefficient (Wildman–Crippen LogP) is -0.503. The third-order valence-corrected chi connectivity index (χ3v) is 7.70. The molecule has 2 aliphatic rings. The highest BCUT2D eigenvalue weighted by atomic mass is 35.5. The van der Waals surface area contributed by atoms with Gasteiger partial charge in [0.1, 0.15) is 28.1 Å². The topological polar surface area (TPSA) is 157 Å². The van der Waals surface area contributed by atoms with Gasteiger partial charge >= 0.3 is 0 Å². The number of nitrogens with zero attached hydrogens (tertiary/aromatic N) is 4. The van der Waals surface area contributed by atoms with Crippen molar-refractivity contribution in [3.8, 4) is 0 Å². The number of rotatable bonds is 10. The van der Waals surface area contributed by atoms with E-state index in [1.807, 2.05) is 18.2 Å². The number of carboxylic acid groups (broad SMARTS) is 1. The largest absolute Gasteiger partial charge is 0.543 e. The zero-order chi connectivity index (χ0) is 25.8. The highest BCUT2D eigenvalue weighted by Gasteiger charge is 2.53. The first-order valence-electron chi connectivity index (χ1n) is 10.6. The lowest BCUT2D eigenvalue weighted by atomic mass is 10.0. The molecule has 1 fully saturated rings. The second-order valence-corrected chi connectivity index (χ2v) is 10.1. The molecule has 0 spiro atoms. The SMILES string of the molecule is CCON=C(C(=O)NC1C(=O)N2C(C(=O)[O-])=C(C[n+]3ccccc3)CS[C@@H]12)c1nc(NC=O)sc1Cl. The van der Waals surface area contributed by atoms with Gasteiger partial charge in [-0.05, 0) is 6.92 Å². The van der Waals surface area contributed by atoms with Gasteiger partial charge in [0.25, 0.3) is 11.8 Å². The molecule has 2 aromatic rings. The Hall–Kier alpha value is -3.49. The number of oxime groups is 1. The fraction of sp³-hybridized carbons (Fsp3) is 0.286. The van der Waals surface area contributed by atoms with Crippen LogP contribution in [0.5, 0.6) is 0 Å². The minimum Gasteiger partial charge on any atom is -0.543 e. The number of carboxylic acids is 1. The number of aliphatic carboxylic acids is 1. The Bertz CT molecular complexity index is 1270. The zero-order valence-corrected chi connectivity index (χ0v) is 21.1. The number of fused-ring (bicyclic) bond motifs is 1. The van der Waals surface area contributed by atoms with Crippen LogP contribution in [-0.4, -0.2) is 63.6 Å². The van der Waals surface area contributed by atoms with E-state index in [2.05, 4.69) is 20.8 Å². The van der Waals surface area contributed by atoms with Gasteiger partial charge in [0.2, 0.25) is 6.41 Å². The van der Waals surface area contributed by atoms with Gasteiger partial charge in [-0.3, -0.25) is 19.3 Å². The highest BCUT2D eigenvalue weighted by Crippen LogP contribution is 2.40. The minimum atomic E-state index is -1.46. The van der Waals surface area contributed by atoms with E-state index in [0.29, 0.717) is 17.7 Å². The Morgan fingerprint density at radius 2 is 2.14 bits per heavy atom. The highest BCUT2D eigenvalue weighted by molar-refractivity contribution is 8.00. The number of β-lactam (4-membered cyclic amide) rings is 1. The Morgan fingerprint density at radius 3 is 2.81 bits per heavy atom. The Balaban J connectivity index is 1.54. The van der Waals surface area contributed by atoms with Crippen LogP contribution >= 0.6 is 34.7 Å². The number of halogens is 1. The lowest BCUT2D eigenvalue weighted by Crippen LogP contribution is -2.71. The molecule has 0 aliphatic carbocycles. The van der Waals surface area contributed by atoms with Crippen molar-refractivity contribution in [2.75, 3.05) is 17.7 Å². The van der Waals surface area contributed by atoms with Crippen LogP contribution in [0.25, 0.3) is 0 Å². The lowest BCUT2D eigenvalue weighted by Gasteiger charge is -2.50. The van der Waals surface area contributed by atoms with E-state index in [-0.39, 0.29) is 39.7 Å². The number of hydrogen-bond acceptors (Lipinski definition) is 10. The van der Waals surface area contributed by atoms with Crippen molar-refractivity contribution < 1.29 is 33.7 Å². The Labute approximate surface area is 218 Å². The summed E-state index contributed by atoms with van der Waals surface area (Å²) in [5, 5.41) is 20.2. The van der Waals surface area contributed by atoms with E-state index in [4.69, 9.17) is 16.4 Å². The molecule has 36 heavy (non-hydrogen) atoms. The van der Waals surface area contributed by atoms with Crippen LogP contribution < -0.4 is 20.3 Å². The number of anilines is 1. The second kappa shape index (κ2) is 11.1. The minimum absolute atomic E-state index is 0.0330. The lowest BCUT2D eigenvalue weighted by molar-refractivity contribution is -0.689. The maximum absolute atomic E-state index is 13.1. The van der Waals surface area contributed by atoms with E-state index >= 15 is 0 Å². The molecule has 4 heterocycles. The summed E-state index contributed by atoms with van der Waals surface area (Å²) in [6, 6.07) is 4.45. The van der Waals surface area contributed by atoms with Gasteiger partial charge < -0.3 is 25.4 Å². The van der Waals surface area contributed by atoms with E-state index in [0.717, 1.165) is 16.2 Å². The van der Waals surface area contributed by atoms with Crippen LogP contribution in [0, 0.1) is 0 Å². The molecule has 0 saturated carbocycles. The molecular formula is C21H19ClN6O6S2. The molecule has 188 valence electrons. The molecule has 15 heteroatoms. The van der Waals surface area contributed by atoms with E-state index in [1.165, 1.54) is 11.8 Å². The van der Waals surface area contributed by atoms with Gasteiger partial charge in [0.05, 0.1) is 11.7 Å². The molecule has 3 amide bonds. The molecule has 2 aliphatic heterocycles. The molecule has 12 nitrogen and oxygen atoms in total. The third kappa shape index (κ3) is 5.05. The fourth-order valence-electron chi connectivity index (χ4n) is 3.64. The van der Waals surface area contributed by atoms with Crippen LogP contribution in [0.3, 0.4) is 0 Å². The van der Waals surface area contributed by atoms with Gasteiger partial charge in [-0.2, -0.15) is 0 Å². The zero-order valence-electron chi connectivity index (χ0n) is 18.7. The van der Waals surface area contributed by atoms with Gasteiger partial charge in [-0.25, -0.2) is 9.55 Å². The van der Waals surface area contributed by atoms with Crippen molar-refractivity contribution >= 4 is 69.7 Å².